The number of nitrogens with one attached hydrogen (secondary N) is 1. The summed E-state index contributed by atoms with van der Waals surface area (Å²) in [6, 6.07) is 2.11. The summed E-state index contributed by atoms with van der Waals surface area (Å²) in [6.45, 7) is 8.25. The monoisotopic (exact) mass is 227 g/mol. The van der Waals surface area contributed by atoms with E-state index in [1.165, 1.54) is 23.5 Å². The van der Waals surface area contributed by atoms with Crippen molar-refractivity contribution < 1.29 is 4.42 Å². The van der Waals surface area contributed by atoms with Gasteiger partial charge in [-0.25, -0.2) is 0 Å². The number of thioether (sulfide) groups is 1. The van der Waals surface area contributed by atoms with Crippen molar-refractivity contribution in [3.63, 3.8) is 0 Å². The van der Waals surface area contributed by atoms with Crippen LogP contribution in [-0.4, -0.2) is 18.1 Å². The SMILES string of the molecule is CCSCCCNCc1cc(C)oc1C. The van der Waals surface area contributed by atoms with Crippen LogP contribution < -0.4 is 5.32 Å². The molecule has 1 aromatic rings. The van der Waals surface area contributed by atoms with Crippen LogP contribution in [0.15, 0.2) is 10.5 Å². The molecule has 15 heavy (non-hydrogen) atoms. The second-order valence-corrected chi connectivity index (χ2v) is 5.06. The quantitative estimate of drug-likeness (QED) is 0.725. The molecule has 0 unspecified atom stereocenters. The third kappa shape index (κ3) is 4.76. The molecule has 0 saturated carbocycles. The first-order chi connectivity index (χ1) is 7.24. The topological polar surface area (TPSA) is 25.2 Å². The van der Waals surface area contributed by atoms with E-state index in [1.54, 1.807) is 0 Å². The minimum Gasteiger partial charge on any atom is -0.466 e. The fraction of sp³-hybridized carbons (Fsp3) is 0.667. The van der Waals surface area contributed by atoms with E-state index in [0.29, 0.717) is 0 Å². The van der Waals surface area contributed by atoms with E-state index in [4.69, 9.17) is 4.42 Å². The molecule has 0 bridgehead atoms. The van der Waals surface area contributed by atoms with Crippen LogP contribution in [0.2, 0.25) is 0 Å². The number of rotatable bonds is 7. The highest BCUT2D eigenvalue weighted by molar-refractivity contribution is 7.99. The molecule has 0 aliphatic heterocycles. The molecule has 1 rings (SSSR count). The Morgan fingerprint density at radius 2 is 2.20 bits per heavy atom. The van der Waals surface area contributed by atoms with E-state index in [2.05, 4.69) is 18.3 Å². The molecule has 3 heteroatoms. The van der Waals surface area contributed by atoms with Crippen LogP contribution in [0.3, 0.4) is 0 Å². The van der Waals surface area contributed by atoms with Gasteiger partial charge in [0.1, 0.15) is 11.5 Å². The minimum absolute atomic E-state index is 0.931. The van der Waals surface area contributed by atoms with Crippen LogP contribution in [0.5, 0.6) is 0 Å². The Morgan fingerprint density at radius 1 is 1.40 bits per heavy atom. The van der Waals surface area contributed by atoms with E-state index < -0.39 is 0 Å². The summed E-state index contributed by atoms with van der Waals surface area (Å²) in [6.07, 6.45) is 1.24. The van der Waals surface area contributed by atoms with Crippen molar-refractivity contribution in [1.82, 2.24) is 5.32 Å². The van der Waals surface area contributed by atoms with Gasteiger partial charge in [0.05, 0.1) is 0 Å². The normalized spacial score (nSPS) is 10.9. The molecule has 0 amide bonds. The largest absolute Gasteiger partial charge is 0.466 e. The summed E-state index contributed by atoms with van der Waals surface area (Å²) in [5.74, 6) is 4.53. The zero-order valence-corrected chi connectivity index (χ0v) is 10.7. The van der Waals surface area contributed by atoms with Gasteiger partial charge in [-0.2, -0.15) is 11.8 Å². The summed E-state index contributed by atoms with van der Waals surface area (Å²) in [7, 11) is 0. The first-order valence-electron chi connectivity index (χ1n) is 5.58. The maximum atomic E-state index is 5.47. The van der Waals surface area contributed by atoms with Crippen molar-refractivity contribution in [3.05, 3.63) is 23.2 Å². The molecule has 0 aliphatic rings. The zero-order chi connectivity index (χ0) is 11.1. The predicted molar refractivity (Wildman–Crippen MR) is 67.5 cm³/mol. The smallest absolute Gasteiger partial charge is 0.105 e. The van der Waals surface area contributed by atoms with E-state index >= 15 is 0 Å². The highest BCUT2D eigenvalue weighted by Gasteiger charge is 2.02. The summed E-state index contributed by atoms with van der Waals surface area (Å²) in [4.78, 5) is 0. The predicted octanol–water partition coefficient (Wildman–Crippen LogP) is 3.13. The van der Waals surface area contributed by atoms with Crippen molar-refractivity contribution >= 4 is 11.8 Å². The lowest BCUT2D eigenvalue weighted by molar-refractivity contribution is 0.499. The van der Waals surface area contributed by atoms with Gasteiger partial charge in [-0.1, -0.05) is 6.92 Å². The van der Waals surface area contributed by atoms with Crippen molar-refractivity contribution in [2.24, 2.45) is 0 Å². The van der Waals surface area contributed by atoms with E-state index in [0.717, 1.165) is 24.6 Å². The average molecular weight is 227 g/mol. The van der Waals surface area contributed by atoms with Crippen LogP contribution in [0, 0.1) is 13.8 Å². The van der Waals surface area contributed by atoms with E-state index in [-0.39, 0.29) is 0 Å². The molecular weight excluding hydrogens is 206 g/mol. The van der Waals surface area contributed by atoms with Gasteiger partial charge in [0, 0.05) is 12.1 Å². The van der Waals surface area contributed by atoms with Crippen molar-refractivity contribution in [3.8, 4) is 0 Å². The van der Waals surface area contributed by atoms with Crippen LogP contribution >= 0.6 is 11.8 Å². The van der Waals surface area contributed by atoms with Gasteiger partial charge in [-0.15, -0.1) is 0 Å². The molecule has 1 N–H and O–H groups in total. The highest BCUT2D eigenvalue weighted by Crippen LogP contribution is 2.12. The molecular formula is C12H21NOS. The Morgan fingerprint density at radius 3 is 2.80 bits per heavy atom. The van der Waals surface area contributed by atoms with Gasteiger partial charge in [0.2, 0.25) is 0 Å². The molecule has 2 nitrogen and oxygen atoms in total. The fourth-order valence-electron chi connectivity index (χ4n) is 1.53. The number of aryl methyl sites for hydroxylation is 2. The third-order valence-corrected chi connectivity index (χ3v) is 3.29. The molecule has 1 aromatic heterocycles. The first kappa shape index (κ1) is 12.7. The molecule has 0 fully saturated rings. The standard InChI is InChI=1S/C12H21NOS/c1-4-15-7-5-6-13-9-12-8-10(2)14-11(12)3/h8,13H,4-7,9H2,1-3H3. The maximum absolute atomic E-state index is 5.47. The Labute approximate surface area is 96.8 Å². The lowest BCUT2D eigenvalue weighted by Crippen LogP contribution is -2.15. The summed E-state index contributed by atoms with van der Waals surface area (Å²) in [5.41, 5.74) is 1.29. The molecule has 0 spiro atoms. The summed E-state index contributed by atoms with van der Waals surface area (Å²) in [5, 5.41) is 3.44. The van der Waals surface area contributed by atoms with Gasteiger partial charge in [0.15, 0.2) is 0 Å². The van der Waals surface area contributed by atoms with Crippen LogP contribution in [0.1, 0.15) is 30.4 Å². The van der Waals surface area contributed by atoms with Gasteiger partial charge >= 0.3 is 0 Å². The molecule has 0 aromatic carbocycles. The molecule has 0 saturated heterocycles. The van der Waals surface area contributed by atoms with Gasteiger partial charge in [0.25, 0.3) is 0 Å². The number of furan rings is 1. The molecule has 1 heterocycles. The van der Waals surface area contributed by atoms with Gasteiger partial charge in [-0.3, -0.25) is 0 Å². The van der Waals surface area contributed by atoms with E-state index in [9.17, 15) is 0 Å². The van der Waals surface area contributed by atoms with Crippen molar-refractivity contribution in [2.75, 3.05) is 18.1 Å². The number of hydrogen-bond acceptors (Lipinski definition) is 3. The van der Waals surface area contributed by atoms with Crippen LogP contribution in [-0.2, 0) is 6.54 Å². The van der Waals surface area contributed by atoms with E-state index in [1.807, 2.05) is 25.6 Å². The molecule has 86 valence electrons. The van der Waals surface area contributed by atoms with Crippen molar-refractivity contribution in [2.45, 2.75) is 33.7 Å². The Hall–Kier alpha value is -0.410. The Bertz CT molecular complexity index is 283. The molecule has 0 atom stereocenters. The average Bonchev–Trinajstić information content (AvgIpc) is 2.51. The third-order valence-electron chi connectivity index (χ3n) is 2.31. The minimum atomic E-state index is 0.931. The summed E-state index contributed by atoms with van der Waals surface area (Å²) >= 11 is 2.00. The van der Waals surface area contributed by atoms with Gasteiger partial charge in [-0.05, 0) is 44.4 Å². The Kier molecular flexibility index (Phi) is 5.88. The second-order valence-electron chi connectivity index (χ2n) is 3.67. The number of hydrogen-bond donors (Lipinski definition) is 1. The van der Waals surface area contributed by atoms with Gasteiger partial charge < -0.3 is 9.73 Å². The molecule has 0 aliphatic carbocycles. The lowest BCUT2D eigenvalue weighted by atomic mass is 10.2. The fourth-order valence-corrected chi connectivity index (χ4v) is 2.16. The van der Waals surface area contributed by atoms with Crippen molar-refractivity contribution in [1.29, 1.82) is 0 Å². The second kappa shape index (κ2) is 6.96. The molecule has 0 radical (unpaired) electrons. The Balaban J connectivity index is 2.12. The zero-order valence-electron chi connectivity index (χ0n) is 9.93. The maximum Gasteiger partial charge on any atom is 0.105 e. The summed E-state index contributed by atoms with van der Waals surface area (Å²) < 4.78 is 5.47. The van der Waals surface area contributed by atoms with Crippen LogP contribution in [0.25, 0.3) is 0 Å². The lowest BCUT2D eigenvalue weighted by Gasteiger charge is -2.03. The highest BCUT2D eigenvalue weighted by atomic mass is 32.2. The van der Waals surface area contributed by atoms with Crippen LogP contribution in [0.4, 0.5) is 0 Å². The first-order valence-corrected chi connectivity index (χ1v) is 6.74.